The van der Waals surface area contributed by atoms with Crippen molar-refractivity contribution < 1.29 is 4.79 Å². The summed E-state index contributed by atoms with van der Waals surface area (Å²) in [4.78, 5) is 12.1. The predicted octanol–water partition coefficient (Wildman–Crippen LogP) is 4.05. The lowest BCUT2D eigenvalue weighted by atomic mass is 10.1. The number of halogens is 2. The molecule has 0 bridgehead atoms. The molecule has 0 fully saturated rings. The molecule has 4 nitrogen and oxygen atoms in total. The molecule has 2 N–H and O–H groups in total. The summed E-state index contributed by atoms with van der Waals surface area (Å²) in [5.41, 5.74) is 2.23. The maximum atomic E-state index is 12.1. The zero-order valence-corrected chi connectivity index (χ0v) is 12.4. The minimum absolute atomic E-state index is 0.152. The number of aromatic amines is 1. The number of nitrogens with zero attached hydrogens (tertiary/aromatic N) is 1. The molecule has 0 aliphatic carbocycles. The molecule has 1 amide bonds. The molecule has 3 aromatic rings. The van der Waals surface area contributed by atoms with Crippen LogP contribution in [-0.2, 0) is 11.2 Å². The lowest BCUT2D eigenvalue weighted by Crippen LogP contribution is -2.14. The molecule has 0 unspecified atom stereocenters. The predicted molar refractivity (Wildman–Crippen MR) is 84.9 cm³/mol. The van der Waals surface area contributed by atoms with Crippen LogP contribution in [0.3, 0.4) is 0 Å². The normalized spacial score (nSPS) is 10.8. The maximum Gasteiger partial charge on any atom is 0.228 e. The molecule has 0 spiro atoms. The average molecular weight is 320 g/mol. The lowest BCUT2D eigenvalue weighted by molar-refractivity contribution is -0.115. The highest BCUT2D eigenvalue weighted by molar-refractivity contribution is 6.35. The lowest BCUT2D eigenvalue weighted by Gasteiger charge is -2.07. The van der Waals surface area contributed by atoms with Gasteiger partial charge >= 0.3 is 0 Å². The average Bonchev–Trinajstić information content (AvgIpc) is 2.91. The number of amides is 1. The van der Waals surface area contributed by atoms with Crippen molar-refractivity contribution in [3.05, 3.63) is 58.2 Å². The van der Waals surface area contributed by atoms with Crippen LogP contribution in [0.25, 0.3) is 10.9 Å². The Morgan fingerprint density at radius 2 is 2.10 bits per heavy atom. The van der Waals surface area contributed by atoms with E-state index in [9.17, 15) is 4.79 Å². The van der Waals surface area contributed by atoms with Crippen LogP contribution in [0.5, 0.6) is 0 Å². The summed E-state index contributed by atoms with van der Waals surface area (Å²) in [7, 11) is 0. The first-order valence-electron chi connectivity index (χ1n) is 6.29. The molecule has 6 heteroatoms. The molecular formula is C15H11Cl2N3O. The first-order chi connectivity index (χ1) is 10.1. The number of para-hydroxylation sites is 1. The molecule has 0 saturated heterocycles. The van der Waals surface area contributed by atoms with Gasteiger partial charge in [0.1, 0.15) is 0 Å². The van der Waals surface area contributed by atoms with Crippen molar-refractivity contribution in [3.8, 4) is 0 Å². The molecule has 0 aliphatic heterocycles. The van der Waals surface area contributed by atoms with Gasteiger partial charge in [0, 0.05) is 15.4 Å². The number of carbonyl (C=O) groups is 1. The molecule has 1 aromatic heterocycles. The number of H-pyrrole nitrogens is 1. The molecule has 0 saturated carbocycles. The van der Waals surface area contributed by atoms with Crippen molar-refractivity contribution in [2.75, 3.05) is 5.32 Å². The van der Waals surface area contributed by atoms with E-state index in [1.165, 1.54) is 0 Å². The smallest absolute Gasteiger partial charge is 0.228 e. The van der Waals surface area contributed by atoms with E-state index in [1.807, 2.05) is 18.2 Å². The molecule has 3 rings (SSSR count). The fourth-order valence-electron chi connectivity index (χ4n) is 2.11. The summed E-state index contributed by atoms with van der Waals surface area (Å²) in [5.74, 6) is -0.152. The second-order valence-corrected chi connectivity index (χ2v) is 5.44. The fourth-order valence-corrected chi connectivity index (χ4v) is 2.58. The number of benzene rings is 2. The summed E-state index contributed by atoms with van der Waals surface area (Å²) in [5, 5.41) is 11.7. The van der Waals surface area contributed by atoms with Crippen molar-refractivity contribution in [1.29, 1.82) is 0 Å². The Kier molecular flexibility index (Phi) is 3.82. The number of fused-ring (bicyclic) bond motifs is 1. The fraction of sp³-hybridized carbons (Fsp3) is 0.0667. The SMILES string of the molecule is O=C(Cc1ccc(Cl)cc1Cl)Nc1cccc2cn[nH]c12. The molecular weight excluding hydrogens is 309 g/mol. The van der Waals surface area contributed by atoms with Crippen LogP contribution >= 0.6 is 23.2 Å². The van der Waals surface area contributed by atoms with E-state index < -0.39 is 0 Å². The van der Waals surface area contributed by atoms with Crippen LogP contribution in [0, 0.1) is 0 Å². The van der Waals surface area contributed by atoms with E-state index in [0.29, 0.717) is 15.7 Å². The molecule has 2 aromatic carbocycles. The minimum atomic E-state index is -0.152. The van der Waals surface area contributed by atoms with E-state index >= 15 is 0 Å². The van der Waals surface area contributed by atoms with Gasteiger partial charge in [0.05, 0.1) is 23.8 Å². The molecule has 106 valence electrons. The zero-order valence-electron chi connectivity index (χ0n) is 10.9. The zero-order chi connectivity index (χ0) is 14.8. The highest BCUT2D eigenvalue weighted by atomic mass is 35.5. The van der Waals surface area contributed by atoms with E-state index in [4.69, 9.17) is 23.2 Å². The largest absolute Gasteiger partial charge is 0.324 e. The molecule has 21 heavy (non-hydrogen) atoms. The summed E-state index contributed by atoms with van der Waals surface area (Å²) in [6, 6.07) is 10.7. The molecule has 0 radical (unpaired) electrons. The summed E-state index contributed by atoms with van der Waals surface area (Å²) >= 11 is 11.9. The summed E-state index contributed by atoms with van der Waals surface area (Å²) in [6.07, 6.45) is 1.89. The van der Waals surface area contributed by atoms with Gasteiger partial charge in [0.25, 0.3) is 0 Å². The van der Waals surface area contributed by atoms with Crippen molar-refractivity contribution in [1.82, 2.24) is 10.2 Å². The Morgan fingerprint density at radius 1 is 1.24 bits per heavy atom. The third kappa shape index (κ3) is 3.01. The summed E-state index contributed by atoms with van der Waals surface area (Å²) < 4.78 is 0. The number of nitrogens with one attached hydrogen (secondary N) is 2. The maximum absolute atomic E-state index is 12.1. The van der Waals surface area contributed by atoms with Crippen molar-refractivity contribution in [2.45, 2.75) is 6.42 Å². The first kappa shape index (κ1) is 13.9. The van der Waals surface area contributed by atoms with Crippen LogP contribution in [0.1, 0.15) is 5.56 Å². The van der Waals surface area contributed by atoms with Crippen molar-refractivity contribution in [2.24, 2.45) is 0 Å². The molecule has 0 atom stereocenters. The highest BCUT2D eigenvalue weighted by Gasteiger charge is 2.10. The topological polar surface area (TPSA) is 57.8 Å². The van der Waals surface area contributed by atoms with E-state index in [-0.39, 0.29) is 12.3 Å². The van der Waals surface area contributed by atoms with Crippen molar-refractivity contribution >= 4 is 45.7 Å². The van der Waals surface area contributed by atoms with Gasteiger partial charge in [-0.3, -0.25) is 9.89 Å². The monoisotopic (exact) mass is 319 g/mol. The number of aromatic nitrogens is 2. The van der Waals surface area contributed by atoms with Crippen LogP contribution in [0.15, 0.2) is 42.6 Å². The number of anilines is 1. The Bertz CT molecular complexity index is 814. The second kappa shape index (κ2) is 5.76. The van der Waals surface area contributed by atoms with Crippen LogP contribution < -0.4 is 5.32 Å². The Morgan fingerprint density at radius 3 is 2.90 bits per heavy atom. The van der Waals surface area contributed by atoms with Gasteiger partial charge < -0.3 is 5.32 Å². The van der Waals surface area contributed by atoms with Crippen molar-refractivity contribution in [3.63, 3.8) is 0 Å². The number of carbonyl (C=O) groups excluding carboxylic acids is 1. The number of hydrogen-bond donors (Lipinski definition) is 2. The van der Waals surface area contributed by atoms with Gasteiger partial charge in [-0.1, -0.05) is 41.4 Å². The van der Waals surface area contributed by atoms with Crippen LogP contribution in [-0.4, -0.2) is 16.1 Å². The van der Waals surface area contributed by atoms with Gasteiger partial charge in [0.15, 0.2) is 0 Å². The first-order valence-corrected chi connectivity index (χ1v) is 7.05. The van der Waals surface area contributed by atoms with E-state index in [2.05, 4.69) is 15.5 Å². The molecule has 1 heterocycles. The quantitative estimate of drug-likeness (QED) is 0.765. The standard InChI is InChI=1S/C15H11Cl2N3O/c16-11-5-4-9(12(17)7-11)6-14(21)19-13-3-1-2-10-8-18-20-15(10)13/h1-5,7-8H,6H2,(H,18,20)(H,19,21). The van der Waals surface area contributed by atoms with Gasteiger partial charge in [-0.05, 0) is 23.8 Å². The Labute approximate surface area is 131 Å². The summed E-state index contributed by atoms with van der Waals surface area (Å²) in [6.45, 7) is 0. The van der Waals surface area contributed by atoms with Gasteiger partial charge in [0.2, 0.25) is 5.91 Å². The second-order valence-electron chi connectivity index (χ2n) is 4.60. The van der Waals surface area contributed by atoms with Gasteiger partial charge in [-0.2, -0.15) is 5.10 Å². The number of rotatable bonds is 3. The van der Waals surface area contributed by atoms with Crippen LogP contribution in [0.2, 0.25) is 10.0 Å². The molecule has 0 aliphatic rings. The third-order valence-electron chi connectivity index (χ3n) is 3.12. The highest BCUT2D eigenvalue weighted by Crippen LogP contribution is 2.23. The Hall–Kier alpha value is -2.04. The van der Waals surface area contributed by atoms with E-state index in [0.717, 1.165) is 16.5 Å². The van der Waals surface area contributed by atoms with Gasteiger partial charge in [-0.15, -0.1) is 0 Å². The third-order valence-corrected chi connectivity index (χ3v) is 3.70. The van der Waals surface area contributed by atoms with Gasteiger partial charge in [-0.25, -0.2) is 0 Å². The minimum Gasteiger partial charge on any atom is -0.324 e. The Balaban J connectivity index is 1.79. The van der Waals surface area contributed by atoms with E-state index in [1.54, 1.807) is 24.4 Å². The van der Waals surface area contributed by atoms with Crippen LogP contribution in [0.4, 0.5) is 5.69 Å². The number of hydrogen-bond acceptors (Lipinski definition) is 2.